The van der Waals surface area contributed by atoms with Gasteiger partial charge in [0.1, 0.15) is 11.9 Å². The van der Waals surface area contributed by atoms with E-state index in [4.69, 9.17) is 11.3 Å². The third-order valence-electron chi connectivity index (χ3n) is 2.14. The van der Waals surface area contributed by atoms with Crippen LogP contribution in [-0.4, -0.2) is 19.1 Å². The molecule has 0 aliphatic heterocycles. The van der Waals surface area contributed by atoms with E-state index in [2.05, 4.69) is 14.8 Å². The lowest BCUT2D eigenvalue weighted by molar-refractivity contribution is -0.142. The Bertz CT molecular complexity index is 471. The van der Waals surface area contributed by atoms with Crippen molar-refractivity contribution in [1.82, 2.24) is 0 Å². The van der Waals surface area contributed by atoms with Crippen molar-refractivity contribution in [3.05, 3.63) is 40.0 Å². The number of carbonyl (C=O) groups is 1. The molecule has 1 aromatic rings. The van der Waals surface area contributed by atoms with Gasteiger partial charge in [-0.2, -0.15) is 0 Å². The molecule has 0 aliphatic rings. The van der Waals surface area contributed by atoms with E-state index >= 15 is 0 Å². The fraction of sp³-hybridized carbons (Fsp3) is 0.300. The van der Waals surface area contributed by atoms with Crippen molar-refractivity contribution < 1.29 is 13.9 Å². The van der Waals surface area contributed by atoms with Crippen LogP contribution in [0.4, 0.5) is 10.1 Å². The highest BCUT2D eigenvalue weighted by molar-refractivity contribution is 5.75. The second kappa shape index (κ2) is 5.83. The Hall–Kier alpha value is -2.11. The summed E-state index contributed by atoms with van der Waals surface area (Å²) in [4.78, 5) is 13.6. The molecular formula is C10H11FN4O2. The summed E-state index contributed by atoms with van der Waals surface area (Å²) in [6.07, 6.45) is 0.0229. The van der Waals surface area contributed by atoms with Crippen LogP contribution >= 0.6 is 0 Å². The Kier molecular flexibility index (Phi) is 4.45. The van der Waals surface area contributed by atoms with Crippen LogP contribution in [0.25, 0.3) is 10.4 Å². The maximum Gasteiger partial charge on any atom is 0.322 e. The first-order valence-electron chi connectivity index (χ1n) is 4.75. The minimum Gasteiger partial charge on any atom is -0.468 e. The fourth-order valence-corrected chi connectivity index (χ4v) is 1.29. The number of nitrogens with two attached hydrogens (primary N) is 1. The number of methoxy groups -OCH3 is 1. The zero-order valence-electron chi connectivity index (χ0n) is 9.13. The number of hydrogen-bond acceptors (Lipinski definition) is 4. The van der Waals surface area contributed by atoms with E-state index < -0.39 is 17.8 Å². The van der Waals surface area contributed by atoms with E-state index in [1.165, 1.54) is 19.2 Å². The highest BCUT2D eigenvalue weighted by Crippen LogP contribution is 2.18. The molecule has 0 radical (unpaired) electrons. The Morgan fingerprint density at radius 1 is 1.71 bits per heavy atom. The van der Waals surface area contributed by atoms with E-state index in [0.717, 1.165) is 6.07 Å². The number of halogens is 1. The number of benzene rings is 1. The lowest BCUT2D eigenvalue weighted by Crippen LogP contribution is -2.33. The molecular weight excluding hydrogens is 227 g/mol. The zero-order chi connectivity index (χ0) is 12.8. The van der Waals surface area contributed by atoms with Gasteiger partial charge in [0.05, 0.1) is 7.11 Å². The maximum absolute atomic E-state index is 13.5. The second-order valence-electron chi connectivity index (χ2n) is 3.30. The summed E-state index contributed by atoms with van der Waals surface area (Å²) >= 11 is 0. The summed E-state index contributed by atoms with van der Waals surface area (Å²) in [6.45, 7) is 0. The Labute approximate surface area is 96.8 Å². The highest BCUT2D eigenvalue weighted by Gasteiger charge is 2.16. The third kappa shape index (κ3) is 3.44. The molecule has 6 nitrogen and oxygen atoms in total. The molecule has 0 amide bonds. The normalized spacial score (nSPS) is 11.5. The molecule has 17 heavy (non-hydrogen) atoms. The van der Waals surface area contributed by atoms with Gasteiger partial charge in [-0.25, -0.2) is 4.39 Å². The van der Waals surface area contributed by atoms with Crippen molar-refractivity contribution in [3.63, 3.8) is 0 Å². The van der Waals surface area contributed by atoms with E-state index in [1.54, 1.807) is 0 Å². The number of hydrogen-bond donors (Lipinski definition) is 1. The first kappa shape index (κ1) is 13.0. The predicted octanol–water partition coefficient (Wildman–Crippen LogP) is 1.81. The third-order valence-corrected chi connectivity index (χ3v) is 2.14. The smallest absolute Gasteiger partial charge is 0.322 e. The molecule has 1 atom stereocenters. The number of azide groups is 1. The lowest BCUT2D eigenvalue weighted by Gasteiger charge is -2.09. The Morgan fingerprint density at radius 3 is 2.94 bits per heavy atom. The first-order chi connectivity index (χ1) is 8.08. The van der Waals surface area contributed by atoms with Gasteiger partial charge in [-0.3, -0.25) is 4.79 Å². The van der Waals surface area contributed by atoms with Gasteiger partial charge >= 0.3 is 5.97 Å². The van der Waals surface area contributed by atoms with Crippen molar-refractivity contribution in [2.24, 2.45) is 10.8 Å². The van der Waals surface area contributed by atoms with Crippen molar-refractivity contribution in [2.45, 2.75) is 12.5 Å². The van der Waals surface area contributed by atoms with Crippen LogP contribution < -0.4 is 5.73 Å². The minimum atomic E-state index is -0.917. The van der Waals surface area contributed by atoms with E-state index in [1.807, 2.05) is 0 Å². The van der Waals surface area contributed by atoms with Crippen LogP contribution in [-0.2, 0) is 16.0 Å². The van der Waals surface area contributed by atoms with Crippen LogP contribution in [0.2, 0.25) is 0 Å². The number of carbonyl (C=O) groups excluding carboxylic acids is 1. The van der Waals surface area contributed by atoms with Crippen LogP contribution in [0.5, 0.6) is 0 Å². The zero-order valence-corrected chi connectivity index (χ0v) is 9.13. The van der Waals surface area contributed by atoms with Gasteiger partial charge in [0, 0.05) is 17.0 Å². The van der Waals surface area contributed by atoms with Gasteiger partial charge in [0.15, 0.2) is 0 Å². The molecule has 0 fully saturated rings. The minimum absolute atomic E-state index is 0.0229. The molecule has 0 unspecified atom stereocenters. The molecule has 90 valence electrons. The lowest BCUT2D eigenvalue weighted by atomic mass is 10.1. The van der Waals surface area contributed by atoms with Gasteiger partial charge < -0.3 is 10.5 Å². The molecule has 0 aliphatic carbocycles. The number of esters is 1. The molecule has 2 N–H and O–H groups in total. The largest absolute Gasteiger partial charge is 0.468 e. The average molecular weight is 238 g/mol. The van der Waals surface area contributed by atoms with Crippen molar-refractivity contribution in [3.8, 4) is 0 Å². The standard InChI is InChI=1S/C10H11FN4O2/c1-17-10(16)9(12)4-6-2-3-7(14-15-13)5-8(6)11/h2-3,5,9H,4,12H2,1H3/t9-/m1/s1. The second-order valence-corrected chi connectivity index (χ2v) is 3.30. The number of ether oxygens (including phenoxy) is 1. The van der Waals surface area contributed by atoms with Gasteiger partial charge in [0.2, 0.25) is 0 Å². The Morgan fingerprint density at radius 2 is 2.41 bits per heavy atom. The van der Waals surface area contributed by atoms with Gasteiger partial charge in [0.25, 0.3) is 0 Å². The summed E-state index contributed by atoms with van der Waals surface area (Å²) < 4.78 is 17.9. The maximum atomic E-state index is 13.5. The molecule has 0 heterocycles. The van der Waals surface area contributed by atoms with E-state index in [0.29, 0.717) is 0 Å². The SMILES string of the molecule is COC(=O)[C@H](N)Cc1ccc(N=[N+]=[N-])cc1F. The molecule has 0 saturated carbocycles. The number of rotatable bonds is 4. The van der Waals surface area contributed by atoms with Gasteiger partial charge in [-0.15, -0.1) is 0 Å². The quantitative estimate of drug-likeness (QED) is 0.374. The monoisotopic (exact) mass is 238 g/mol. The van der Waals surface area contributed by atoms with E-state index in [-0.39, 0.29) is 17.7 Å². The first-order valence-corrected chi connectivity index (χ1v) is 4.75. The number of nitrogens with zero attached hydrogens (tertiary/aromatic N) is 3. The van der Waals surface area contributed by atoms with E-state index in [9.17, 15) is 9.18 Å². The summed E-state index contributed by atoms with van der Waals surface area (Å²) in [5.74, 6) is -1.18. The predicted molar refractivity (Wildman–Crippen MR) is 58.9 cm³/mol. The van der Waals surface area contributed by atoms with Crippen LogP contribution in [0.1, 0.15) is 5.56 Å². The van der Waals surface area contributed by atoms with Crippen LogP contribution in [0, 0.1) is 5.82 Å². The van der Waals surface area contributed by atoms with Gasteiger partial charge in [-0.1, -0.05) is 17.2 Å². The molecule has 0 saturated heterocycles. The summed E-state index contributed by atoms with van der Waals surface area (Å²) in [5.41, 5.74) is 14.1. The topological polar surface area (TPSA) is 101 Å². The average Bonchev–Trinajstić information content (AvgIpc) is 2.31. The summed E-state index contributed by atoms with van der Waals surface area (Å²) in [7, 11) is 1.21. The highest BCUT2D eigenvalue weighted by atomic mass is 19.1. The Balaban J connectivity index is 2.86. The molecule has 0 aromatic heterocycles. The molecule has 0 spiro atoms. The van der Waals surface area contributed by atoms with Crippen molar-refractivity contribution >= 4 is 11.7 Å². The molecule has 1 aromatic carbocycles. The fourth-order valence-electron chi connectivity index (χ4n) is 1.29. The summed E-state index contributed by atoms with van der Waals surface area (Å²) in [6, 6.07) is 3.03. The molecule has 7 heteroatoms. The van der Waals surface area contributed by atoms with Crippen molar-refractivity contribution in [1.29, 1.82) is 0 Å². The molecule has 1 rings (SSSR count). The van der Waals surface area contributed by atoms with Gasteiger partial charge in [-0.05, 0) is 17.2 Å². The van der Waals surface area contributed by atoms with Crippen LogP contribution in [0.3, 0.4) is 0 Å². The van der Waals surface area contributed by atoms with Crippen LogP contribution in [0.15, 0.2) is 23.3 Å². The summed E-state index contributed by atoms with van der Waals surface area (Å²) in [5, 5.41) is 3.26. The molecule has 0 bridgehead atoms. The van der Waals surface area contributed by atoms with Crippen molar-refractivity contribution in [2.75, 3.05) is 7.11 Å².